The normalized spacial score (nSPS) is 21.4. The van der Waals surface area contributed by atoms with Gasteiger partial charge in [0.25, 0.3) is 0 Å². The molecule has 0 atom stereocenters. The molecule has 64 valence electrons. The summed E-state index contributed by atoms with van der Waals surface area (Å²) in [5.41, 5.74) is -0.107. The number of hydrogen-bond acceptors (Lipinski definition) is 2. The maximum atomic E-state index is 10.6. The third kappa shape index (κ3) is 2.03. The molecule has 0 N–H and O–H groups in total. The van der Waals surface area contributed by atoms with Crippen molar-refractivity contribution in [3.8, 4) is 0 Å². The van der Waals surface area contributed by atoms with E-state index >= 15 is 0 Å². The van der Waals surface area contributed by atoms with Crippen molar-refractivity contribution in [2.24, 2.45) is 5.41 Å². The predicted octanol–water partition coefficient (Wildman–Crippen LogP) is 1.78. The van der Waals surface area contributed by atoms with E-state index in [-0.39, 0.29) is 11.5 Å². The lowest BCUT2D eigenvalue weighted by molar-refractivity contribution is -0.127. The first kappa shape index (κ1) is 8.72. The Kier molecular flexibility index (Phi) is 2.66. The van der Waals surface area contributed by atoms with Gasteiger partial charge in [-0.3, -0.25) is 0 Å². The largest absolute Gasteiger partial charge is 0.378 e. The van der Waals surface area contributed by atoms with Crippen LogP contribution in [0.25, 0.3) is 0 Å². The van der Waals surface area contributed by atoms with Crippen molar-refractivity contribution < 1.29 is 9.53 Å². The van der Waals surface area contributed by atoms with Crippen LogP contribution in [0, 0.1) is 5.41 Å². The number of carbonyl (C=O) groups excluding carboxylic acids is 1. The molecule has 0 unspecified atom stereocenters. The fourth-order valence-corrected chi connectivity index (χ4v) is 1.26. The zero-order valence-corrected chi connectivity index (χ0v) is 7.30. The van der Waals surface area contributed by atoms with Crippen LogP contribution in [0.2, 0.25) is 0 Å². The van der Waals surface area contributed by atoms with E-state index in [1.165, 1.54) is 6.42 Å². The summed E-state index contributed by atoms with van der Waals surface area (Å²) in [7, 11) is 0. The molecule has 1 fully saturated rings. The van der Waals surface area contributed by atoms with Crippen molar-refractivity contribution in [2.75, 3.05) is 6.61 Å². The molecule has 0 aliphatic heterocycles. The standard InChI is InChI=1S/C9H16O2/c1-8(2)11-7-9(6-10)4-3-5-9/h6,8H,3-5,7H2,1-2H3. The highest BCUT2D eigenvalue weighted by molar-refractivity contribution is 5.61. The number of carbonyl (C=O) groups is 1. The highest BCUT2D eigenvalue weighted by atomic mass is 16.5. The van der Waals surface area contributed by atoms with Crippen LogP contribution >= 0.6 is 0 Å². The number of rotatable bonds is 4. The van der Waals surface area contributed by atoms with Crippen LogP contribution < -0.4 is 0 Å². The molecule has 2 nitrogen and oxygen atoms in total. The Balaban J connectivity index is 2.27. The summed E-state index contributed by atoms with van der Waals surface area (Å²) >= 11 is 0. The summed E-state index contributed by atoms with van der Waals surface area (Å²) in [5.74, 6) is 0. The van der Waals surface area contributed by atoms with Gasteiger partial charge in [-0.15, -0.1) is 0 Å². The van der Waals surface area contributed by atoms with E-state index in [0.717, 1.165) is 19.1 Å². The number of hydrogen-bond donors (Lipinski definition) is 0. The van der Waals surface area contributed by atoms with Crippen LogP contribution in [0.5, 0.6) is 0 Å². The van der Waals surface area contributed by atoms with Crippen molar-refractivity contribution in [1.82, 2.24) is 0 Å². The molecule has 1 saturated carbocycles. The first-order valence-electron chi connectivity index (χ1n) is 4.26. The maximum Gasteiger partial charge on any atom is 0.128 e. The Labute approximate surface area is 67.9 Å². The van der Waals surface area contributed by atoms with E-state index in [4.69, 9.17) is 4.74 Å². The monoisotopic (exact) mass is 156 g/mol. The molecule has 0 saturated heterocycles. The fraction of sp³-hybridized carbons (Fsp3) is 0.889. The molecule has 0 spiro atoms. The van der Waals surface area contributed by atoms with Crippen molar-refractivity contribution in [1.29, 1.82) is 0 Å². The highest BCUT2D eigenvalue weighted by Gasteiger charge is 2.37. The van der Waals surface area contributed by atoms with Gasteiger partial charge in [0, 0.05) is 5.41 Å². The van der Waals surface area contributed by atoms with Gasteiger partial charge in [0.2, 0.25) is 0 Å². The molecule has 1 aliphatic rings. The van der Waals surface area contributed by atoms with Gasteiger partial charge in [0.05, 0.1) is 12.7 Å². The van der Waals surface area contributed by atoms with Gasteiger partial charge in [0.15, 0.2) is 0 Å². The third-order valence-corrected chi connectivity index (χ3v) is 2.30. The molecule has 1 rings (SSSR count). The second-order valence-electron chi connectivity index (χ2n) is 3.69. The molecule has 0 aromatic heterocycles. The van der Waals surface area contributed by atoms with Crippen molar-refractivity contribution in [3.05, 3.63) is 0 Å². The van der Waals surface area contributed by atoms with E-state index < -0.39 is 0 Å². The lowest BCUT2D eigenvalue weighted by atomic mass is 9.71. The minimum atomic E-state index is -0.107. The van der Waals surface area contributed by atoms with Gasteiger partial charge >= 0.3 is 0 Å². The van der Waals surface area contributed by atoms with Crippen LogP contribution in [-0.4, -0.2) is 19.0 Å². The molecular weight excluding hydrogens is 140 g/mol. The van der Waals surface area contributed by atoms with E-state index in [1.54, 1.807) is 0 Å². The first-order valence-corrected chi connectivity index (χ1v) is 4.26. The van der Waals surface area contributed by atoms with Crippen molar-refractivity contribution >= 4 is 6.29 Å². The third-order valence-electron chi connectivity index (χ3n) is 2.30. The van der Waals surface area contributed by atoms with E-state index in [9.17, 15) is 4.79 Å². The van der Waals surface area contributed by atoms with Gasteiger partial charge < -0.3 is 9.53 Å². The summed E-state index contributed by atoms with van der Waals surface area (Å²) in [5, 5.41) is 0. The lowest BCUT2D eigenvalue weighted by Crippen LogP contribution is -2.36. The van der Waals surface area contributed by atoms with Crippen LogP contribution in [-0.2, 0) is 9.53 Å². The molecule has 0 amide bonds. The molecule has 1 aliphatic carbocycles. The summed E-state index contributed by atoms with van der Waals surface area (Å²) in [6.07, 6.45) is 4.53. The molecule has 2 heteroatoms. The summed E-state index contributed by atoms with van der Waals surface area (Å²) < 4.78 is 5.41. The Hall–Kier alpha value is -0.370. The van der Waals surface area contributed by atoms with Gasteiger partial charge in [0.1, 0.15) is 6.29 Å². The Bertz CT molecular complexity index is 136. The van der Waals surface area contributed by atoms with Crippen molar-refractivity contribution in [2.45, 2.75) is 39.2 Å². The Morgan fingerprint density at radius 3 is 2.45 bits per heavy atom. The van der Waals surface area contributed by atoms with Crippen LogP contribution in [0.15, 0.2) is 0 Å². The van der Waals surface area contributed by atoms with Gasteiger partial charge in [-0.05, 0) is 26.7 Å². The zero-order chi connectivity index (χ0) is 8.32. The molecular formula is C9H16O2. The lowest BCUT2D eigenvalue weighted by Gasteiger charge is -2.36. The Morgan fingerprint density at radius 1 is 1.55 bits per heavy atom. The van der Waals surface area contributed by atoms with E-state index in [2.05, 4.69) is 0 Å². The average molecular weight is 156 g/mol. The fourth-order valence-electron chi connectivity index (χ4n) is 1.26. The van der Waals surface area contributed by atoms with Crippen molar-refractivity contribution in [3.63, 3.8) is 0 Å². The number of aldehydes is 1. The zero-order valence-electron chi connectivity index (χ0n) is 7.30. The minimum Gasteiger partial charge on any atom is -0.378 e. The Morgan fingerprint density at radius 2 is 2.18 bits per heavy atom. The van der Waals surface area contributed by atoms with Crippen LogP contribution in [0.3, 0.4) is 0 Å². The smallest absolute Gasteiger partial charge is 0.128 e. The minimum absolute atomic E-state index is 0.107. The molecule has 11 heavy (non-hydrogen) atoms. The molecule has 0 aromatic carbocycles. The van der Waals surface area contributed by atoms with Gasteiger partial charge in [-0.25, -0.2) is 0 Å². The van der Waals surface area contributed by atoms with Crippen LogP contribution in [0.4, 0.5) is 0 Å². The number of ether oxygens (including phenoxy) is 1. The summed E-state index contributed by atoms with van der Waals surface area (Å²) in [6.45, 7) is 4.61. The van der Waals surface area contributed by atoms with E-state index in [0.29, 0.717) is 6.61 Å². The highest BCUT2D eigenvalue weighted by Crippen LogP contribution is 2.39. The molecule has 0 aromatic rings. The maximum absolute atomic E-state index is 10.6. The first-order chi connectivity index (χ1) is 5.18. The molecule has 0 bridgehead atoms. The second-order valence-corrected chi connectivity index (χ2v) is 3.69. The predicted molar refractivity (Wildman–Crippen MR) is 43.4 cm³/mol. The van der Waals surface area contributed by atoms with Gasteiger partial charge in [-0.2, -0.15) is 0 Å². The quantitative estimate of drug-likeness (QED) is 0.580. The topological polar surface area (TPSA) is 26.3 Å². The molecule has 0 heterocycles. The van der Waals surface area contributed by atoms with Crippen LogP contribution in [0.1, 0.15) is 33.1 Å². The second kappa shape index (κ2) is 3.35. The summed E-state index contributed by atoms with van der Waals surface area (Å²) in [6, 6.07) is 0. The molecule has 0 radical (unpaired) electrons. The SMILES string of the molecule is CC(C)OCC1(C=O)CCC1. The summed E-state index contributed by atoms with van der Waals surface area (Å²) in [4.78, 5) is 10.6. The van der Waals surface area contributed by atoms with E-state index in [1.807, 2.05) is 13.8 Å². The van der Waals surface area contributed by atoms with Gasteiger partial charge in [-0.1, -0.05) is 6.42 Å². The average Bonchev–Trinajstić information content (AvgIpc) is 1.86.